The predicted molar refractivity (Wildman–Crippen MR) is 89.9 cm³/mol. The summed E-state index contributed by atoms with van der Waals surface area (Å²) in [6, 6.07) is 10.1. The molecular formula is C19H27NO3. The van der Waals surface area contributed by atoms with Gasteiger partial charge >= 0.3 is 5.97 Å². The van der Waals surface area contributed by atoms with Crippen molar-refractivity contribution in [2.75, 3.05) is 13.7 Å². The van der Waals surface area contributed by atoms with Gasteiger partial charge in [-0.25, -0.2) is 0 Å². The molecule has 1 saturated carbocycles. The first kappa shape index (κ1) is 17.5. The fourth-order valence-corrected chi connectivity index (χ4v) is 3.29. The van der Waals surface area contributed by atoms with Crippen LogP contribution in [-0.4, -0.2) is 36.5 Å². The molecule has 0 aliphatic heterocycles. The Morgan fingerprint density at radius 2 is 1.83 bits per heavy atom. The first-order valence-corrected chi connectivity index (χ1v) is 8.53. The van der Waals surface area contributed by atoms with Gasteiger partial charge in [0.05, 0.1) is 19.4 Å². The number of hydrogen-bond donors (Lipinski definition) is 0. The summed E-state index contributed by atoms with van der Waals surface area (Å²) in [6.45, 7) is 2.28. The summed E-state index contributed by atoms with van der Waals surface area (Å²) >= 11 is 0. The van der Waals surface area contributed by atoms with Crippen LogP contribution < -0.4 is 0 Å². The highest BCUT2D eigenvalue weighted by molar-refractivity contribution is 5.80. The average molecular weight is 317 g/mol. The average Bonchev–Trinajstić information content (AvgIpc) is 2.60. The first-order valence-electron chi connectivity index (χ1n) is 8.53. The van der Waals surface area contributed by atoms with Crippen molar-refractivity contribution < 1.29 is 14.3 Å². The monoisotopic (exact) mass is 317 g/mol. The number of esters is 1. The van der Waals surface area contributed by atoms with E-state index in [1.54, 1.807) is 0 Å². The molecule has 126 valence electrons. The fraction of sp³-hybridized carbons (Fsp3) is 0.579. The third kappa shape index (κ3) is 5.08. The van der Waals surface area contributed by atoms with Crippen LogP contribution >= 0.6 is 0 Å². The molecule has 1 aromatic carbocycles. The number of benzene rings is 1. The van der Waals surface area contributed by atoms with Gasteiger partial charge in [-0.05, 0) is 18.4 Å². The second kappa shape index (κ2) is 8.70. The molecular weight excluding hydrogens is 290 g/mol. The summed E-state index contributed by atoms with van der Waals surface area (Å²) in [5, 5.41) is 0. The summed E-state index contributed by atoms with van der Waals surface area (Å²) < 4.78 is 4.82. The summed E-state index contributed by atoms with van der Waals surface area (Å²) in [6.07, 6.45) is 6.02. The quantitative estimate of drug-likeness (QED) is 0.757. The van der Waals surface area contributed by atoms with Crippen LogP contribution in [0.5, 0.6) is 0 Å². The second-order valence-electron chi connectivity index (χ2n) is 6.42. The highest BCUT2D eigenvalue weighted by atomic mass is 16.5. The van der Waals surface area contributed by atoms with Crippen LogP contribution in [0.15, 0.2) is 30.3 Å². The molecule has 1 atom stereocenters. The summed E-state index contributed by atoms with van der Waals surface area (Å²) in [7, 11) is 1.40. The van der Waals surface area contributed by atoms with E-state index in [0.29, 0.717) is 13.0 Å². The van der Waals surface area contributed by atoms with Crippen molar-refractivity contribution in [3.8, 4) is 0 Å². The predicted octanol–water partition coefficient (Wildman–Crippen LogP) is 3.20. The van der Waals surface area contributed by atoms with Crippen LogP contribution in [0.1, 0.15) is 44.6 Å². The van der Waals surface area contributed by atoms with Crippen molar-refractivity contribution in [3.05, 3.63) is 35.9 Å². The van der Waals surface area contributed by atoms with Crippen molar-refractivity contribution in [1.82, 2.24) is 4.90 Å². The normalized spacial score (nSPS) is 16.6. The Bertz CT molecular complexity index is 509. The van der Waals surface area contributed by atoms with E-state index in [-0.39, 0.29) is 23.8 Å². The van der Waals surface area contributed by atoms with Crippen LogP contribution in [-0.2, 0) is 20.7 Å². The van der Waals surface area contributed by atoms with E-state index >= 15 is 0 Å². The number of carbonyl (C=O) groups excluding carboxylic acids is 2. The molecule has 0 heterocycles. The smallest absolute Gasteiger partial charge is 0.310 e. The van der Waals surface area contributed by atoms with Crippen molar-refractivity contribution in [3.63, 3.8) is 0 Å². The van der Waals surface area contributed by atoms with Crippen molar-refractivity contribution in [1.29, 1.82) is 0 Å². The zero-order valence-electron chi connectivity index (χ0n) is 14.2. The van der Waals surface area contributed by atoms with Gasteiger partial charge in [0.2, 0.25) is 5.91 Å². The van der Waals surface area contributed by atoms with Gasteiger partial charge in [-0.3, -0.25) is 9.59 Å². The second-order valence-corrected chi connectivity index (χ2v) is 6.42. The number of methoxy groups -OCH3 is 1. The minimum atomic E-state index is -0.290. The minimum Gasteiger partial charge on any atom is -0.469 e. The fourth-order valence-electron chi connectivity index (χ4n) is 3.29. The minimum absolute atomic E-state index is 0.110. The summed E-state index contributed by atoms with van der Waals surface area (Å²) in [5.41, 5.74) is 1.02. The molecule has 1 fully saturated rings. The van der Waals surface area contributed by atoms with E-state index in [9.17, 15) is 9.59 Å². The lowest BCUT2D eigenvalue weighted by Gasteiger charge is -2.35. The van der Waals surface area contributed by atoms with Crippen molar-refractivity contribution in [2.24, 2.45) is 5.92 Å². The molecule has 1 aliphatic carbocycles. The molecule has 0 aromatic heterocycles. The lowest BCUT2D eigenvalue weighted by molar-refractivity contribution is -0.147. The van der Waals surface area contributed by atoms with Gasteiger partial charge in [-0.2, -0.15) is 0 Å². The maximum atomic E-state index is 12.8. The molecule has 0 bridgehead atoms. The van der Waals surface area contributed by atoms with Gasteiger partial charge in [0.15, 0.2) is 0 Å². The van der Waals surface area contributed by atoms with E-state index < -0.39 is 0 Å². The Hall–Kier alpha value is -1.84. The Balaban J connectivity index is 2.08. The highest BCUT2D eigenvalue weighted by Gasteiger charge is 2.28. The number of ether oxygens (including phenoxy) is 1. The number of nitrogens with zero attached hydrogens (tertiary/aromatic N) is 1. The number of carbonyl (C=O) groups is 2. The number of hydrogen-bond acceptors (Lipinski definition) is 3. The number of amides is 1. The van der Waals surface area contributed by atoms with E-state index in [1.165, 1.54) is 13.5 Å². The molecule has 4 heteroatoms. The standard InChI is InChI=1S/C19H27NO3/c1-15(19(22)23-2)14-20(17-11-7-4-8-12-17)18(21)13-16-9-5-3-6-10-16/h3,5-6,9-10,15,17H,4,7-8,11-14H2,1-2H3. The maximum absolute atomic E-state index is 12.8. The van der Waals surface area contributed by atoms with Crippen LogP contribution in [0.25, 0.3) is 0 Å². The van der Waals surface area contributed by atoms with E-state index in [0.717, 1.165) is 31.2 Å². The van der Waals surface area contributed by atoms with Gasteiger partial charge in [0.25, 0.3) is 0 Å². The Labute approximate surface area is 138 Å². The van der Waals surface area contributed by atoms with E-state index in [1.807, 2.05) is 42.2 Å². The Morgan fingerprint density at radius 3 is 2.43 bits per heavy atom. The van der Waals surface area contributed by atoms with Gasteiger partial charge in [0, 0.05) is 12.6 Å². The van der Waals surface area contributed by atoms with E-state index in [4.69, 9.17) is 4.74 Å². The third-order valence-corrected chi connectivity index (χ3v) is 4.61. The lowest BCUT2D eigenvalue weighted by atomic mass is 9.93. The van der Waals surface area contributed by atoms with E-state index in [2.05, 4.69) is 0 Å². The number of rotatable bonds is 6. The van der Waals surface area contributed by atoms with Crippen LogP contribution in [0, 0.1) is 5.92 Å². The first-order chi connectivity index (χ1) is 11.1. The zero-order valence-corrected chi connectivity index (χ0v) is 14.2. The maximum Gasteiger partial charge on any atom is 0.310 e. The van der Waals surface area contributed by atoms with Crippen LogP contribution in [0.3, 0.4) is 0 Å². The molecule has 4 nitrogen and oxygen atoms in total. The van der Waals surface area contributed by atoms with Gasteiger partial charge in [0.1, 0.15) is 0 Å². The van der Waals surface area contributed by atoms with Crippen molar-refractivity contribution in [2.45, 2.75) is 51.5 Å². The Kier molecular flexibility index (Phi) is 6.63. The van der Waals surface area contributed by atoms with Crippen molar-refractivity contribution >= 4 is 11.9 Å². The molecule has 1 unspecified atom stereocenters. The summed E-state index contributed by atoms with van der Waals surface area (Å²) in [4.78, 5) is 26.5. The highest BCUT2D eigenvalue weighted by Crippen LogP contribution is 2.24. The zero-order chi connectivity index (χ0) is 16.7. The topological polar surface area (TPSA) is 46.6 Å². The molecule has 0 radical (unpaired) electrons. The van der Waals surface area contributed by atoms with Crippen LogP contribution in [0.4, 0.5) is 0 Å². The lowest BCUT2D eigenvalue weighted by Crippen LogP contribution is -2.45. The molecule has 0 saturated heterocycles. The van der Waals surface area contributed by atoms with Crippen LogP contribution in [0.2, 0.25) is 0 Å². The molecule has 2 rings (SSSR count). The van der Waals surface area contributed by atoms with Gasteiger partial charge in [-0.15, -0.1) is 0 Å². The summed E-state index contributed by atoms with van der Waals surface area (Å²) in [5.74, 6) is -0.432. The van der Waals surface area contributed by atoms with Gasteiger partial charge < -0.3 is 9.64 Å². The largest absolute Gasteiger partial charge is 0.469 e. The molecule has 0 spiro atoms. The molecule has 1 aliphatic rings. The Morgan fingerprint density at radius 1 is 1.17 bits per heavy atom. The van der Waals surface area contributed by atoms with Gasteiger partial charge in [-0.1, -0.05) is 56.5 Å². The molecule has 0 N–H and O–H groups in total. The molecule has 1 amide bonds. The molecule has 1 aromatic rings. The molecule has 23 heavy (non-hydrogen) atoms. The third-order valence-electron chi connectivity index (χ3n) is 4.61. The SMILES string of the molecule is COC(=O)C(C)CN(C(=O)Cc1ccccc1)C1CCCCC1.